The number of hydrogen-bond acceptors (Lipinski definition) is 4. The van der Waals surface area contributed by atoms with Crippen molar-refractivity contribution in [1.82, 2.24) is 9.97 Å². The van der Waals surface area contributed by atoms with Crippen molar-refractivity contribution in [3.8, 4) is 0 Å². The van der Waals surface area contributed by atoms with Crippen LogP contribution in [0.5, 0.6) is 0 Å². The molecule has 12 heavy (non-hydrogen) atoms. The molecule has 4 nitrogen and oxygen atoms in total. The Morgan fingerprint density at radius 1 is 1.50 bits per heavy atom. The second-order valence-corrected chi connectivity index (χ2v) is 2.11. The van der Waals surface area contributed by atoms with Crippen LogP contribution in [0.25, 0.3) is 0 Å². The van der Waals surface area contributed by atoms with Gasteiger partial charge in [0.25, 0.3) is 0 Å². The minimum atomic E-state index is -0.419. The maximum atomic E-state index is 10.9. The zero-order valence-corrected chi connectivity index (χ0v) is 6.94. The predicted molar refractivity (Wildman–Crippen MR) is 44.6 cm³/mol. The van der Waals surface area contributed by atoms with E-state index in [1.807, 2.05) is 6.82 Å². The first kappa shape index (κ1) is 8.71. The topological polar surface area (TPSA) is 52.1 Å². The van der Waals surface area contributed by atoms with Gasteiger partial charge in [0.1, 0.15) is 0 Å². The molecule has 1 aromatic rings. The highest BCUT2D eigenvalue weighted by Crippen LogP contribution is 1.93. The zero-order chi connectivity index (χ0) is 8.97. The number of esters is 1. The largest absolute Gasteiger partial charge is 0.465 e. The van der Waals surface area contributed by atoms with Crippen LogP contribution in [0.3, 0.4) is 0 Å². The van der Waals surface area contributed by atoms with Gasteiger partial charge in [-0.1, -0.05) is 6.82 Å². The molecule has 0 bridgehead atoms. The standard InChI is InChI=1S/C7H8BN2O2/c1-8-7-9-3-5(4-10-7)6(11)12-2/h3-4H,1-2H3. The smallest absolute Gasteiger partial charge is 0.341 e. The van der Waals surface area contributed by atoms with Crippen LogP contribution in [0, 0.1) is 0 Å². The number of carbonyl (C=O) groups is 1. The van der Waals surface area contributed by atoms with Gasteiger partial charge in [-0.3, -0.25) is 9.97 Å². The molecule has 1 rings (SSSR count). The van der Waals surface area contributed by atoms with Crippen molar-refractivity contribution >= 4 is 19.0 Å². The van der Waals surface area contributed by atoms with Crippen LogP contribution in [0.4, 0.5) is 0 Å². The van der Waals surface area contributed by atoms with Crippen LogP contribution in [0.2, 0.25) is 6.82 Å². The van der Waals surface area contributed by atoms with Crippen LogP contribution in [0.1, 0.15) is 10.4 Å². The summed E-state index contributed by atoms with van der Waals surface area (Å²) in [7, 11) is 3.07. The summed E-state index contributed by atoms with van der Waals surface area (Å²) < 4.78 is 4.48. The Labute approximate surface area is 71.2 Å². The third kappa shape index (κ3) is 1.81. The van der Waals surface area contributed by atoms with Crippen LogP contribution < -0.4 is 5.72 Å². The van der Waals surface area contributed by atoms with E-state index in [0.717, 1.165) is 0 Å². The number of aromatic nitrogens is 2. The van der Waals surface area contributed by atoms with E-state index < -0.39 is 5.97 Å². The van der Waals surface area contributed by atoms with E-state index in [4.69, 9.17) is 0 Å². The molecule has 0 atom stereocenters. The van der Waals surface area contributed by atoms with Crippen molar-refractivity contribution < 1.29 is 9.53 Å². The van der Waals surface area contributed by atoms with Crippen molar-refractivity contribution in [1.29, 1.82) is 0 Å². The lowest BCUT2D eigenvalue weighted by Crippen LogP contribution is -2.20. The summed E-state index contributed by atoms with van der Waals surface area (Å²) in [6.45, 7) is 1.83. The van der Waals surface area contributed by atoms with Gasteiger partial charge in [-0.25, -0.2) is 4.79 Å². The monoisotopic (exact) mass is 163 g/mol. The fourth-order valence-corrected chi connectivity index (χ4v) is 0.710. The Bertz CT molecular complexity index is 273. The normalized spacial score (nSPS) is 9.17. The van der Waals surface area contributed by atoms with Gasteiger partial charge in [0, 0.05) is 12.4 Å². The van der Waals surface area contributed by atoms with E-state index in [9.17, 15) is 4.79 Å². The minimum absolute atomic E-state index is 0.364. The van der Waals surface area contributed by atoms with E-state index >= 15 is 0 Å². The van der Waals surface area contributed by atoms with Crippen molar-refractivity contribution in [3.05, 3.63) is 18.0 Å². The SMILES string of the molecule is C[B]c1ncc(C(=O)OC)cn1. The first-order valence-corrected chi connectivity index (χ1v) is 3.47. The number of carbonyl (C=O) groups excluding carboxylic acids is 1. The Morgan fingerprint density at radius 3 is 2.50 bits per heavy atom. The molecular formula is C7H8BN2O2. The number of hydrogen-bond donors (Lipinski definition) is 0. The van der Waals surface area contributed by atoms with Gasteiger partial charge in [-0.05, 0) is 0 Å². The molecule has 1 heterocycles. The van der Waals surface area contributed by atoms with Gasteiger partial charge in [-0.2, -0.15) is 0 Å². The highest BCUT2D eigenvalue weighted by molar-refractivity contribution is 6.49. The van der Waals surface area contributed by atoms with Crippen molar-refractivity contribution in [3.63, 3.8) is 0 Å². The van der Waals surface area contributed by atoms with Crippen LogP contribution in [-0.2, 0) is 4.74 Å². The molecule has 1 radical (unpaired) electrons. The first-order chi connectivity index (χ1) is 5.77. The average molecular weight is 163 g/mol. The maximum Gasteiger partial charge on any atom is 0.341 e. The van der Waals surface area contributed by atoms with Crippen molar-refractivity contribution in [2.24, 2.45) is 0 Å². The fraction of sp³-hybridized carbons (Fsp3) is 0.286. The zero-order valence-electron chi connectivity index (χ0n) is 6.94. The fourth-order valence-electron chi connectivity index (χ4n) is 0.710. The summed E-state index contributed by atoms with van der Waals surface area (Å²) >= 11 is 0. The van der Waals surface area contributed by atoms with Gasteiger partial charge >= 0.3 is 5.97 Å². The van der Waals surface area contributed by atoms with E-state index in [-0.39, 0.29) is 0 Å². The number of nitrogens with zero attached hydrogens (tertiary/aromatic N) is 2. The van der Waals surface area contributed by atoms with Crippen LogP contribution >= 0.6 is 0 Å². The summed E-state index contributed by atoms with van der Waals surface area (Å²) in [5.74, 6) is -0.419. The Hall–Kier alpha value is -1.39. The third-order valence-corrected chi connectivity index (χ3v) is 1.35. The lowest BCUT2D eigenvalue weighted by molar-refractivity contribution is 0.0600. The molecule has 5 heteroatoms. The molecule has 0 saturated carbocycles. The highest BCUT2D eigenvalue weighted by Gasteiger charge is 2.05. The average Bonchev–Trinajstić information content (AvgIpc) is 2.17. The third-order valence-electron chi connectivity index (χ3n) is 1.35. The summed E-state index contributed by atoms with van der Waals surface area (Å²) in [5.41, 5.74) is 0.964. The molecule has 61 valence electrons. The van der Waals surface area contributed by atoms with Gasteiger partial charge < -0.3 is 4.74 Å². The Balaban J connectivity index is 2.84. The molecular weight excluding hydrogens is 155 g/mol. The number of methoxy groups -OCH3 is 1. The van der Waals surface area contributed by atoms with E-state index in [2.05, 4.69) is 14.7 Å². The van der Waals surface area contributed by atoms with E-state index in [0.29, 0.717) is 11.3 Å². The van der Waals surface area contributed by atoms with Gasteiger partial charge in [-0.15, -0.1) is 0 Å². The summed E-state index contributed by atoms with van der Waals surface area (Å²) in [5, 5.41) is 0. The van der Waals surface area contributed by atoms with Gasteiger partial charge in [0.15, 0.2) is 0 Å². The first-order valence-electron chi connectivity index (χ1n) is 3.47. The van der Waals surface area contributed by atoms with Crippen molar-refractivity contribution in [2.45, 2.75) is 6.82 Å². The van der Waals surface area contributed by atoms with E-state index in [1.54, 1.807) is 7.28 Å². The molecule has 0 aliphatic heterocycles. The molecule has 0 N–H and O–H groups in total. The molecule has 0 amide bonds. The second-order valence-electron chi connectivity index (χ2n) is 2.11. The summed E-state index contributed by atoms with van der Waals surface area (Å²) in [4.78, 5) is 18.7. The van der Waals surface area contributed by atoms with Crippen LogP contribution in [-0.4, -0.2) is 30.3 Å². The molecule has 0 fully saturated rings. The highest BCUT2D eigenvalue weighted by atomic mass is 16.5. The quantitative estimate of drug-likeness (QED) is 0.441. The molecule has 0 aliphatic rings. The predicted octanol–water partition coefficient (Wildman–Crippen LogP) is -0.359. The number of ether oxygens (including phenoxy) is 1. The maximum absolute atomic E-state index is 10.9. The lowest BCUT2D eigenvalue weighted by atomic mass is 9.81. The number of rotatable bonds is 2. The Morgan fingerprint density at radius 2 is 2.08 bits per heavy atom. The molecule has 0 aromatic carbocycles. The molecule has 0 saturated heterocycles. The minimum Gasteiger partial charge on any atom is -0.465 e. The Kier molecular flexibility index (Phi) is 2.79. The molecule has 0 unspecified atom stereocenters. The molecule has 0 spiro atoms. The summed E-state index contributed by atoms with van der Waals surface area (Å²) in [6, 6.07) is 0. The lowest BCUT2D eigenvalue weighted by Gasteiger charge is -1.97. The molecule has 0 aliphatic carbocycles. The molecule has 1 aromatic heterocycles. The van der Waals surface area contributed by atoms with Gasteiger partial charge in [0.2, 0.25) is 7.28 Å². The summed E-state index contributed by atoms with van der Waals surface area (Å²) in [6.07, 6.45) is 2.88. The van der Waals surface area contributed by atoms with Gasteiger partial charge in [0.05, 0.1) is 18.4 Å². The van der Waals surface area contributed by atoms with E-state index in [1.165, 1.54) is 19.5 Å². The van der Waals surface area contributed by atoms with Crippen molar-refractivity contribution in [2.75, 3.05) is 7.11 Å². The van der Waals surface area contributed by atoms with Crippen LogP contribution in [0.15, 0.2) is 12.4 Å². The second kappa shape index (κ2) is 3.85.